The van der Waals surface area contributed by atoms with E-state index in [1.807, 2.05) is 0 Å². The Morgan fingerprint density at radius 2 is 2.25 bits per heavy atom. The van der Waals surface area contributed by atoms with E-state index in [2.05, 4.69) is 5.43 Å². The number of nitrogens with two attached hydrogens (primary N) is 1. The van der Waals surface area contributed by atoms with Crippen molar-refractivity contribution in [3.63, 3.8) is 0 Å². The zero-order valence-electron chi connectivity index (χ0n) is 9.05. The van der Waals surface area contributed by atoms with Crippen LogP contribution in [0.2, 0.25) is 5.02 Å². The molecule has 1 saturated carbocycles. The fourth-order valence-electron chi connectivity index (χ4n) is 2.09. The summed E-state index contributed by atoms with van der Waals surface area (Å²) >= 11 is 5.76. The summed E-state index contributed by atoms with van der Waals surface area (Å²) in [4.78, 5) is 0. The normalized spacial score (nSPS) is 18.2. The van der Waals surface area contributed by atoms with Gasteiger partial charge in [-0.2, -0.15) is 0 Å². The van der Waals surface area contributed by atoms with Crippen LogP contribution >= 0.6 is 11.6 Å². The first-order valence-electron chi connectivity index (χ1n) is 5.62. The van der Waals surface area contributed by atoms with Gasteiger partial charge in [-0.3, -0.25) is 11.3 Å². The van der Waals surface area contributed by atoms with E-state index in [9.17, 15) is 4.39 Å². The third-order valence-corrected chi connectivity index (χ3v) is 3.63. The van der Waals surface area contributed by atoms with Crippen molar-refractivity contribution in [2.24, 2.45) is 11.8 Å². The Labute approximate surface area is 99.9 Å². The van der Waals surface area contributed by atoms with E-state index >= 15 is 0 Å². The molecule has 1 aliphatic rings. The predicted octanol–water partition coefficient (Wildman–Crippen LogP) is 3.17. The molecule has 1 fully saturated rings. The Hall–Kier alpha value is -0.640. The molecule has 0 radical (unpaired) electrons. The lowest BCUT2D eigenvalue weighted by Gasteiger charge is -2.29. The molecular weight excluding hydrogens is 227 g/mol. The Bertz CT molecular complexity index is 366. The zero-order chi connectivity index (χ0) is 11.5. The van der Waals surface area contributed by atoms with Crippen LogP contribution in [0.5, 0.6) is 0 Å². The number of halogens is 2. The largest absolute Gasteiger partial charge is 0.271 e. The Morgan fingerprint density at radius 1 is 1.50 bits per heavy atom. The molecule has 0 amide bonds. The highest BCUT2D eigenvalue weighted by Crippen LogP contribution is 2.35. The standard InChI is InChI=1S/C12H16ClFN2/c13-10-7-9(4-5-11(10)14)12(16-15)6-8-2-1-3-8/h4-5,7-8,12,16H,1-3,6,15H2. The SMILES string of the molecule is NNC(CC1CCC1)c1ccc(F)c(Cl)c1. The molecular formula is C12H16ClFN2. The Kier molecular flexibility index (Phi) is 3.79. The van der Waals surface area contributed by atoms with Crippen molar-refractivity contribution < 1.29 is 4.39 Å². The lowest BCUT2D eigenvalue weighted by molar-refractivity contribution is 0.262. The number of nitrogens with one attached hydrogen (secondary N) is 1. The molecule has 1 aromatic rings. The average molecular weight is 243 g/mol. The molecule has 88 valence electrons. The smallest absolute Gasteiger partial charge is 0.141 e. The van der Waals surface area contributed by atoms with Gasteiger partial charge in [-0.15, -0.1) is 0 Å². The van der Waals surface area contributed by atoms with Gasteiger partial charge in [-0.1, -0.05) is 36.9 Å². The fourth-order valence-corrected chi connectivity index (χ4v) is 2.28. The van der Waals surface area contributed by atoms with E-state index in [-0.39, 0.29) is 16.9 Å². The van der Waals surface area contributed by atoms with Crippen LogP contribution in [0, 0.1) is 11.7 Å². The molecule has 16 heavy (non-hydrogen) atoms. The van der Waals surface area contributed by atoms with Crippen molar-refractivity contribution in [3.05, 3.63) is 34.6 Å². The maximum Gasteiger partial charge on any atom is 0.141 e. The molecule has 2 rings (SSSR count). The first-order valence-corrected chi connectivity index (χ1v) is 5.99. The molecule has 0 saturated heterocycles. The van der Waals surface area contributed by atoms with Crippen LogP contribution in [0.3, 0.4) is 0 Å². The van der Waals surface area contributed by atoms with E-state index < -0.39 is 0 Å². The summed E-state index contributed by atoms with van der Waals surface area (Å²) in [5, 5.41) is 0.159. The van der Waals surface area contributed by atoms with E-state index in [1.54, 1.807) is 12.1 Å². The Morgan fingerprint density at radius 3 is 2.75 bits per heavy atom. The van der Waals surface area contributed by atoms with E-state index in [4.69, 9.17) is 17.4 Å². The van der Waals surface area contributed by atoms with E-state index in [0.717, 1.165) is 17.9 Å². The van der Waals surface area contributed by atoms with Crippen LogP contribution in [0.4, 0.5) is 4.39 Å². The molecule has 3 N–H and O–H groups in total. The molecule has 1 atom stereocenters. The van der Waals surface area contributed by atoms with Crippen molar-refractivity contribution in [3.8, 4) is 0 Å². The molecule has 1 aliphatic carbocycles. The van der Waals surface area contributed by atoms with Crippen molar-refractivity contribution >= 4 is 11.6 Å². The summed E-state index contributed by atoms with van der Waals surface area (Å²) in [6, 6.07) is 4.86. The Balaban J connectivity index is 2.09. The van der Waals surface area contributed by atoms with Gasteiger partial charge in [0.05, 0.1) is 5.02 Å². The summed E-state index contributed by atoms with van der Waals surface area (Å²) in [5.41, 5.74) is 3.74. The van der Waals surface area contributed by atoms with Gasteiger partial charge in [0.1, 0.15) is 5.82 Å². The number of hydrazine groups is 1. The van der Waals surface area contributed by atoms with Crippen LogP contribution < -0.4 is 11.3 Å². The minimum absolute atomic E-state index is 0.0726. The van der Waals surface area contributed by atoms with Gasteiger partial charge >= 0.3 is 0 Å². The molecule has 0 aromatic heterocycles. The zero-order valence-corrected chi connectivity index (χ0v) is 9.80. The molecule has 2 nitrogen and oxygen atoms in total. The highest BCUT2D eigenvalue weighted by Gasteiger charge is 2.22. The molecule has 0 spiro atoms. The molecule has 1 unspecified atom stereocenters. The van der Waals surface area contributed by atoms with Crippen LogP contribution in [0.1, 0.15) is 37.3 Å². The second-order valence-corrected chi connectivity index (χ2v) is 4.83. The lowest BCUT2D eigenvalue weighted by atomic mass is 9.80. The van der Waals surface area contributed by atoms with E-state index in [0.29, 0.717) is 0 Å². The number of rotatable bonds is 4. The first kappa shape index (κ1) is 11.8. The summed E-state index contributed by atoms with van der Waals surface area (Å²) in [6.45, 7) is 0. The summed E-state index contributed by atoms with van der Waals surface area (Å²) < 4.78 is 13.0. The minimum Gasteiger partial charge on any atom is -0.271 e. The molecule has 0 heterocycles. The third kappa shape index (κ3) is 2.54. The number of hydrogen-bond acceptors (Lipinski definition) is 2. The highest BCUT2D eigenvalue weighted by molar-refractivity contribution is 6.30. The van der Waals surface area contributed by atoms with E-state index in [1.165, 1.54) is 25.3 Å². The first-order chi connectivity index (χ1) is 7.70. The van der Waals surface area contributed by atoms with Gasteiger partial charge in [-0.25, -0.2) is 4.39 Å². The second-order valence-electron chi connectivity index (χ2n) is 4.43. The summed E-state index contributed by atoms with van der Waals surface area (Å²) in [5.74, 6) is 5.89. The maximum absolute atomic E-state index is 13.0. The fraction of sp³-hybridized carbons (Fsp3) is 0.500. The van der Waals surface area contributed by atoms with Gasteiger partial charge in [0.2, 0.25) is 0 Å². The second kappa shape index (κ2) is 5.13. The van der Waals surface area contributed by atoms with Crippen LogP contribution in [0.25, 0.3) is 0 Å². The van der Waals surface area contributed by atoms with Crippen molar-refractivity contribution in [2.45, 2.75) is 31.7 Å². The summed E-state index contributed by atoms with van der Waals surface area (Å²) in [7, 11) is 0. The number of hydrogen-bond donors (Lipinski definition) is 2. The average Bonchev–Trinajstić information content (AvgIpc) is 2.21. The van der Waals surface area contributed by atoms with Crippen molar-refractivity contribution in [1.82, 2.24) is 5.43 Å². The highest BCUT2D eigenvalue weighted by atomic mass is 35.5. The van der Waals surface area contributed by atoms with Gasteiger partial charge in [0, 0.05) is 6.04 Å². The van der Waals surface area contributed by atoms with Crippen LogP contribution in [-0.2, 0) is 0 Å². The maximum atomic E-state index is 13.0. The molecule has 4 heteroatoms. The summed E-state index contributed by atoms with van der Waals surface area (Å²) in [6.07, 6.45) is 4.85. The topological polar surface area (TPSA) is 38.0 Å². The van der Waals surface area contributed by atoms with Gasteiger partial charge in [0.15, 0.2) is 0 Å². The van der Waals surface area contributed by atoms with Crippen molar-refractivity contribution in [1.29, 1.82) is 0 Å². The van der Waals surface area contributed by atoms with Crippen molar-refractivity contribution in [2.75, 3.05) is 0 Å². The van der Waals surface area contributed by atoms with Gasteiger partial charge in [-0.05, 0) is 30.0 Å². The van der Waals surface area contributed by atoms with Gasteiger partial charge in [0.25, 0.3) is 0 Å². The van der Waals surface area contributed by atoms with Crippen LogP contribution in [0.15, 0.2) is 18.2 Å². The number of benzene rings is 1. The third-order valence-electron chi connectivity index (χ3n) is 3.34. The predicted molar refractivity (Wildman–Crippen MR) is 63.4 cm³/mol. The minimum atomic E-state index is -0.384. The molecule has 0 bridgehead atoms. The van der Waals surface area contributed by atoms with Gasteiger partial charge < -0.3 is 0 Å². The lowest BCUT2D eigenvalue weighted by Crippen LogP contribution is -2.31. The quantitative estimate of drug-likeness (QED) is 0.629. The monoisotopic (exact) mass is 242 g/mol. The molecule has 0 aliphatic heterocycles. The molecule has 1 aromatic carbocycles. The van der Waals surface area contributed by atoms with Crippen LogP contribution in [-0.4, -0.2) is 0 Å².